The van der Waals surface area contributed by atoms with E-state index in [4.69, 9.17) is 0 Å². The van der Waals surface area contributed by atoms with Gasteiger partial charge in [-0.15, -0.1) is 11.8 Å². The summed E-state index contributed by atoms with van der Waals surface area (Å²) in [6.45, 7) is 0.940. The normalized spacial score (nSPS) is 14.9. The molecule has 0 spiro atoms. The zero-order chi connectivity index (χ0) is 9.80. The Morgan fingerprint density at radius 1 is 1.43 bits per heavy atom. The predicted octanol–water partition coefficient (Wildman–Crippen LogP) is 3.07. The van der Waals surface area contributed by atoms with Gasteiger partial charge in [0.15, 0.2) is 0 Å². The predicted molar refractivity (Wildman–Crippen MR) is 67.8 cm³/mol. The first kappa shape index (κ1) is 10.2. The second-order valence-electron chi connectivity index (χ2n) is 3.42. The second-order valence-corrected chi connectivity index (χ2v) is 5.01. The minimum absolute atomic E-state index is 0.881. The van der Waals surface area contributed by atoms with Crippen molar-refractivity contribution in [3.63, 3.8) is 0 Å². The van der Waals surface area contributed by atoms with Crippen LogP contribution in [-0.2, 0) is 6.42 Å². The van der Waals surface area contributed by atoms with E-state index in [0.29, 0.717) is 0 Å². The van der Waals surface area contributed by atoms with Crippen LogP contribution in [-0.4, -0.2) is 18.1 Å². The van der Waals surface area contributed by atoms with E-state index in [-0.39, 0.29) is 0 Å². The standard InChI is InChI=1S/C11H15NS2/c13-6-5-12-10-3-4-11-9(8-10)2-1-7-14-11/h3-4,8,12-13H,1-2,5-7H2. The number of anilines is 1. The first-order valence-electron chi connectivity index (χ1n) is 5.00. The van der Waals surface area contributed by atoms with E-state index in [1.54, 1.807) is 0 Å². The number of hydrogen-bond donors (Lipinski definition) is 2. The third-order valence-corrected chi connectivity index (χ3v) is 3.78. The summed E-state index contributed by atoms with van der Waals surface area (Å²) in [5.41, 5.74) is 2.74. The highest BCUT2D eigenvalue weighted by Gasteiger charge is 2.09. The van der Waals surface area contributed by atoms with Crippen molar-refractivity contribution >= 4 is 30.1 Å². The molecule has 0 aromatic heterocycles. The Bertz CT molecular complexity index is 312. The largest absolute Gasteiger partial charge is 0.384 e. The van der Waals surface area contributed by atoms with Gasteiger partial charge in [0.2, 0.25) is 0 Å². The molecule has 0 aliphatic carbocycles. The van der Waals surface area contributed by atoms with E-state index in [1.165, 1.54) is 34.7 Å². The van der Waals surface area contributed by atoms with Crippen LogP contribution in [0.15, 0.2) is 23.1 Å². The summed E-state index contributed by atoms with van der Waals surface area (Å²) in [7, 11) is 0. The summed E-state index contributed by atoms with van der Waals surface area (Å²) in [6.07, 6.45) is 2.55. The molecule has 1 nitrogen and oxygen atoms in total. The molecule has 3 heteroatoms. The van der Waals surface area contributed by atoms with Gasteiger partial charge in [-0.1, -0.05) is 0 Å². The van der Waals surface area contributed by atoms with Crippen LogP contribution in [0.5, 0.6) is 0 Å². The van der Waals surface area contributed by atoms with E-state index in [9.17, 15) is 0 Å². The monoisotopic (exact) mass is 225 g/mol. The molecule has 0 bridgehead atoms. The molecule has 2 rings (SSSR count). The first-order chi connectivity index (χ1) is 6.90. The molecular weight excluding hydrogens is 210 g/mol. The lowest BCUT2D eigenvalue weighted by Gasteiger charge is -2.16. The zero-order valence-electron chi connectivity index (χ0n) is 8.12. The quantitative estimate of drug-likeness (QED) is 0.767. The number of thiol groups is 1. The fourth-order valence-electron chi connectivity index (χ4n) is 1.67. The van der Waals surface area contributed by atoms with Crippen molar-refractivity contribution in [2.45, 2.75) is 17.7 Å². The van der Waals surface area contributed by atoms with Gasteiger partial charge < -0.3 is 5.32 Å². The molecule has 1 aromatic rings. The molecule has 0 saturated heterocycles. The Kier molecular flexibility index (Phi) is 3.65. The molecule has 1 aliphatic rings. The summed E-state index contributed by atoms with van der Waals surface area (Å²) in [6, 6.07) is 6.69. The Balaban J connectivity index is 2.12. The highest BCUT2D eigenvalue weighted by Crippen LogP contribution is 2.31. The smallest absolute Gasteiger partial charge is 0.0343 e. The van der Waals surface area contributed by atoms with Crippen molar-refractivity contribution in [1.82, 2.24) is 0 Å². The Morgan fingerprint density at radius 3 is 3.21 bits per heavy atom. The van der Waals surface area contributed by atoms with Crippen LogP contribution >= 0.6 is 24.4 Å². The summed E-state index contributed by atoms with van der Waals surface area (Å²) in [4.78, 5) is 1.47. The average molecular weight is 225 g/mol. The van der Waals surface area contributed by atoms with Crippen LogP contribution in [0, 0.1) is 0 Å². The average Bonchev–Trinajstić information content (AvgIpc) is 2.26. The number of rotatable bonds is 3. The molecule has 0 amide bonds. The van der Waals surface area contributed by atoms with Crippen molar-refractivity contribution in [2.24, 2.45) is 0 Å². The molecule has 76 valence electrons. The maximum atomic E-state index is 4.18. The van der Waals surface area contributed by atoms with Crippen LogP contribution in [0.3, 0.4) is 0 Å². The summed E-state index contributed by atoms with van der Waals surface area (Å²) in [5, 5.41) is 3.36. The van der Waals surface area contributed by atoms with Gasteiger partial charge in [0.1, 0.15) is 0 Å². The van der Waals surface area contributed by atoms with E-state index >= 15 is 0 Å². The van der Waals surface area contributed by atoms with E-state index in [1.807, 2.05) is 11.8 Å². The molecule has 1 aliphatic heterocycles. The number of fused-ring (bicyclic) bond motifs is 1. The molecule has 1 aromatic carbocycles. The SMILES string of the molecule is SCCNc1ccc2c(c1)CCCS2. The minimum atomic E-state index is 0.881. The van der Waals surface area contributed by atoms with Gasteiger partial charge >= 0.3 is 0 Å². The van der Waals surface area contributed by atoms with Crippen molar-refractivity contribution in [1.29, 1.82) is 0 Å². The van der Waals surface area contributed by atoms with Gasteiger partial charge in [-0.25, -0.2) is 0 Å². The molecular formula is C11H15NS2. The fraction of sp³-hybridized carbons (Fsp3) is 0.455. The lowest BCUT2D eigenvalue weighted by atomic mass is 10.1. The van der Waals surface area contributed by atoms with Gasteiger partial charge in [0.25, 0.3) is 0 Å². The molecule has 14 heavy (non-hydrogen) atoms. The van der Waals surface area contributed by atoms with E-state index < -0.39 is 0 Å². The third-order valence-electron chi connectivity index (χ3n) is 2.35. The lowest BCUT2D eigenvalue weighted by Crippen LogP contribution is -2.04. The van der Waals surface area contributed by atoms with Crippen LogP contribution in [0.4, 0.5) is 5.69 Å². The zero-order valence-corrected chi connectivity index (χ0v) is 9.83. The van der Waals surface area contributed by atoms with Crippen LogP contribution in [0.25, 0.3) is 0 Å². The molecule has 1 N–H and O–H groups in total. The highest BCUT2D eigenvalue weighted by molar-refractivity contribution is 7.99. The summed E-state index contributed by atoms with van der Waals surface area (Å²) < 4.78 is 0. The second kappa shape index (κ2) is 4.99. The van der Waals surface area contributed by atoms with Crippen LogP contribution in [0.1, 0.15) is 12.0 Å². The topological polar surface area (TPSA) is 12.0 Å². The first-order valence-corrected chi connectivity index (χ1v) is 6.62. The van der Waals surface area contributed by atoms with E-state index in [0.717, 1.165) is 12.3 Å². The lowest BCUT2D eigenvalue weighted by molar-refractivity contribution is 0.890. The molecule has 0 atom stereocenters. The molecule has 0 unspecified atom stereocenters. The Labute approximate surface area is 95.1 Å². The number of benzene rings is 1. The van der Waals surface area contributed by atoms with Crippen molar-refractivity contribution in [3.8, 4) is 0 Å². The van der Waals surface area contributed by atoms with Gasteiger partial charge in [-0.2, -0.15) is 12.6 Å². The number of thioether (sulfide) groups is 1. The molecule has 0 saturated carbocycles. The minimum Gasteiger partial charge on any atom is -0.384 e. The highest BCUT2D eigenvalue weighted by atomic mass is 32.2. The molecule has 0 radical (unpaired) electrons. The van der Waals surface area contributed by atoms with Crippen molar-refractivity contribution < 1.29 is 0 Å². The van der Waals surface area contributed by atoms with Gasteiger partial charge in [0, 0.05) is 22.9 Å². The molecule has 1 heterocycles. The maximum absolute atomic E-state index is 4.18. The summed E-state index contributed by atoms with van der Waals surface area (Å²) in [5.74, 6) is 2.16. The van der Waals surface area contributed by atoms with Crippen molar-refractivity contribution in [2.75, 3.05) is 23.4 Å². The maximum Gasteiger partial charge on any atom is 0.0343 e. The number of hydrogen-bond acceptors (Lipinski definition) is 3. The van der Waals surface area contributed by atoms with Crippen molar-refractivity contribution in [3.05, 3.63) is 23.8 Å². The number of aryl methyl sites for hydroxylation is 1. The van der Waals surface area contributed by atoms with Gasteiger partial charge in [0.05, 0.1) is 0 Å². The molecule has 0 fully saturated rings. The van der Waals surface area contributed by atoms with Crippen LogP contribution in [0.2, 0.25) is 0 Å². The number of nitrogens with one attached hydrogen (secondary N) is 1. The summed E-state index contributed by atoms with van der Waals surface area (Å²) >= 11 is 6.16. The van der Waals surface area contributed by atoms with Gasteiger partial charge in [-0.3, -0.25) is 0 Å². The third kappa shape index (κ3) is 2.39. The Hall–Kier alpha value is -0.280. The van der Waals surface area contributed by atoms with Crippen LogP contribution < -0.4 is 5.32 Å². The Morgan fingerprint density at radius 2 is 2.36 bits per heavy atom. The fourth-order valence-corrected chi connectivity index (χ4v) is 2.80. The van der Waals surface area contributed by atoms with Gasteiger partial charge in [-0.05, 0) is 42.4 Å². The van der Waals surface area contributed by atoms with E-state index in [2.05, 4.69) is 36.1 Å².